The average Bonchev–Trinajstić information content (AvgIpc) is 1.78. The van der Waals surface area contributed by atoms with E-state index in [1.54, 1.807) is 0 Å². The highest BCUT2D eigenvalue weighted by Crippen LogP contribution is 2.14. The van der Waals surface area contributed by atoms with Crippen LogP contribution in [-0.4, -0.2) is 19.5 Å². The van der Waals surface area contributed by atoms with E-state index in [1.165, 1.54) is 6.19 Å². The average molecular weight is 154 g/mol. The van der Waals surface area contributed by atoms with Crippen LogP contribution in [0.4, 0.5) is 13.2 Å². The Balaban J connectivity index is 3.14. The van der Waals surface area contributed by atoms with Crippen LogP contribution in [-0.2, 0) is 4.74 Å². The van der Waals surface area contributed by atoms with E-state index in [0.29, 0.717) is 0 Å². The van der Waals surface area contributed by atoms with Crippen molar-refractivity contribution in [2.45, 2.75) is 6.36 Å². The van der Waals surface area contributed by atoms with Crippen molar-refractivity contribution in [2.75, 3.05) is 13.2 Å². The van der Waals surface area contributed by atoms with Crippen molar-refractivity contribution in [1.29, 1.82) is 5.26 Å². The lowest BCUT2D eigenvalue weighted by Crippen LogP contribution is -2.21. The van der Waals surface area contributed by atoms with E-state index < -0.39 is 13.0 Å². The molecule has 0 aliphatic rings. The number of nitriles is 1. The van der Waals surface area contributed by atoms with Gasteiger partial charge in [-0.15, -0.1) is 13.2 Å². The van der Waals surface area contributed by atoms with Crippen LogP contribution in [0.3, 0.4) is 0 Å². The molecule has 3 nitrogen and oxygen atoms in total. The van der Waals surface area contributed by atoms with Crippen molar-refractivity contribution < 1.29 is 17.9 Å². The zero-order valence-electron chi connectivity index (χ0n) is 4.90. The maximum atomic E-state index is 11.2. The summed E-state index contributed by atoms with van der Waals surface area (Å²) in [4.78, 5) is 0. The van der Waals surface area contributed by atoms with Crippen LogP contribution in [0, 0.1) is 11.5 Å². The van der Waals surface area contributed by atoms with Crippen LogP contribution < -0.4 is 5.32 Å². The van der Waals surface area contributed by atoms with E-state index >= 15 is 0 Å². The third kappa shape index (κ3) is 7.04. The predicted octanol–water partition coefficient (Wildman–Crippen LogP) is 0.593. The van der Waals surface area contributed by atoms with Gasteiger partial charge in [0.05, 0.1) is 6.61 Å². The Kier molecular flexibility index (Phi) is 3.57. The van der Waals surface area contributed by atoms with E-state index in [4.69, 9.17) is 5.26 Å². The fourth-order valence-corrected chi connectivity index (χ4v) is 0.274. The Morgan fingerprint density at radius 3 is 2.50 bits per heavy atom. The number of halogens is 3. The number of ether oxygens (including phenoxy) is 1. The lowest BCUT2D eigenvalue weighted by atomic mass is 10.7. The fourth-order valence-electron chi connectivity index (χ4n) is 0.274. The van der Waals surface area contributed by atoms with Gasteiger partial charge < -0.3 is 5.32 Å². The second kappa shape index (κ2) is 3.95. The molecule has 0 saturated carbocycles. The molecule has 0 aliphatic carbocycles. The summed E-state index contributed by atoms with van der Waals surface area (Å²) in [7, 11) is 0. The molecule has 10 heavy (non-hydrogen) atoms. The van der Waals surface area contributed by atoms with Crippen molar-refractivity contribution >= 4 is 0 Å². The molecule has 0 aromatic heterocycles. The molecule has 0 spiro atoms. The SMILES string of the molecule is N#CNCCOC(F)(F)F. The molecule has 0 bridgehead atoms. The third-order valence-electron chi connectivity index (χ3n) is 0.572. The highest BCUT2D eigenvalue weighted by atomic mass is 19.4. The van der Waals surface area contributed by atoms with Crippen molar-refractivity contribution in [2.24, 2.45) is 0 Å². The number of nitrogens with zero attached hydrogens (tertiary/aromatic N) is 1. The molecule has 0 aromatic carbocycles. The topological polar surface area (TPSA) is 45.0 Å². The van der Waals surface area contributed by atoms with Crippen LogP contribution in [0.25, 0.3) is 0 Å². The number of nitrogens with one attached hydrogen (secondary N) is 1. The third-order valence-corrected chi connectivity index (χ3v) is 0.572. The summed E-state index contributed by atoms with van der Waals surface area (Å²) in [6.07, 6.45) is -3.14. The Labute approximate surface area is 55.4 Å². The highest BCUT2D eigenvalue weighted by Gasteiger charge is 2.28. The van der Waals surface area contributed by atoms with Crippen LogP contribution in [0.2, 0.25) is 0 Å². The molecule has 0 saturated heterocycles. The first-order valence-corrected chi connectivity index (χ1v) is 2.39. The largest absolute Gasteiger partial charge is 0.522 e. The first-order chi connectivity index (χ1) is 4.56. The molecular formula is C4H5F3N2O. The maximum absolute atomic E-state index is 11.2. The molecule has 0 amide bonds. The lowest BCUT2D eigenvalue weighted by molar-refractivity contribution is -0.323. The quantitative estimate of drug-likeness (QED) is 0.367. The Bertz CT molecular complexity index is 127. The summed E-state index contributed by atoms with van der Waals surface area (Å²) in [5.41, 5.74) is 0. The van der Waals surface area contributed by atoms with Crippen molar-refractivity contribution in [1.82, 2.24) is 5.32 Å². The fraction of sp³-hybridized carbons (Fsp3) is 0.750. The molecule has 0 unspecified atom stereocenters. The van der Waals surface area contributed by atoms with Gasteiger partial charge in [0.15, 0.2) is 6.19 Å². The molecule has 0 heterocycles. The Morgan fingerprint density at radius 1 is 1.50 bits per heavy atom. The minimum absolute atomic E-state index is 0.129. The standard InChI is InChI=1S/C4H5F3N2O/c5-4(6,7)10-2-1-9-3-8/h9H,1-2H2. The number of rotatable bonds is 3. The van der Waals surface area contributed by atoms with E-state index in [1.807, 2.05) is 5.32 Å². The molecule has 0 radical (unpaired) electrons. The molecule has 0 atom stereocenters. The molecular weight excluding hydrogens is 149 g/mol. The summed E-state index contributed by atoms with van der Waals surface area (Å²) in [5, 5.41) is 9.80. The number of alkyl halides is 3. The molecule has 0 aromatic rings. The second-order valence-corrected chi connectivity index (χ2v) is 1.33. The van der Waals surface area contributed by atoms with Gasteiger partial charge in [-0.1, -0.05) is 0 Å². The van der Waals surface area contributed by atoms with Crippen molar-refractivity contribution in [3.8, 4) is 6.19 Å². The first kappa shape index (κ1) is 9.04. The molecule has 1 N–H and O–H groups in total. The first-order valence-electron chi connectivity index (χ1n) is 2.39. The smallest absolute Gasteiger partial charge is 0.322 e. The van der Waals surface area contributed by atoms with E-state index in [-0.39, 0.29) is 6.54 Å². The number of hydrogen-bond acceptors (Lipinski definition) is 3. The van der Waals surface area contributed by atoms with Gasteiger partial charge in [-0.05, 0) is 0 Å². The Hall–Kier alpha value is -0.960. The van der Waals surface area contributed by atoms with Gasteiger partial charge in [-0.25, -0.2) is 0 Å². The van der Waals surface area contributed by atoms with E-state index in [0.717, 1.165) is 0 Å². The summed E-state index contributed by atoms with van der Waals surface area (Å²) in [5.74, 6) is 0. The van der Waals surface area contributed by atoms with Gasteiger partial charge in [0.1, 0.15) is 0 Å². The van der Waals surface area contributed by atoms with Gasteiger partial charge in [0.2, 0.25) is 0 Å². The second-order valence-electron chi connectivity index (χ2n) is 1.33. The Morgan fingerprint density at radius 2 is 2.10 bits per heavy atom. The zero-order chi connectivity index (χ0) is 8.04. The summed E-state index contributed by atoms with van der Waals surface area (Å²) >= 11 is 0. The highest BCUT2D eigenvalue weighted by molar-refractivity contribution is 4.63. The lowest BCUT2D eigenvalue weighted by Gasteiger charge is -2.04. The zero-order valence-corrected chi connectivity index (χ0v) is 4.90. The van der Waals surface area contributed by atoms with Gasteiger partial charge in [-0.3, -0.25) is 4.74 Å². The molecule has 0 aliphatic heterocycles. The van der Waals surface area contributed by atoms with Gasteiger partial charge >= 0.3 is 6.36 Å². The molecule has 58 valence electrons. The van der Waals surface area contributed by atoms with E-state index in [2.05, 4.69) is 4.74 Å². The van der Waals surface area contributed by atoms with Gasteiger partial charge in [-0.2, -0.15) is 5.26 Å². The van der Waals surface area contributed by atoms with Crippen LogP contribution >= 0.6 is 0 Å². The monoisotopic (exact) mass is 154 g/mol. The van der Waals surface area contributed by atoms with Gasteiger partial charge in [0.25, 0.3) is 0 Å². The van der Waals surface area contributed by atoms with Crippen molar-refractivity contribution in [3.63, 3.8) is 0 Å². The van der Waals surface area contributed by atoms with Crippen LogP contribution in [0.1, 0.15) is 0 Å². The van der Waals surface area contributed by atoms with Crippen molar-refractivity contribution in [3.05, 3.63) is 0 Å². The van der Waals surface area contributed by atoms with E-state index in [9.17, 15) is 13.2 Å². The number of hydrogen-bond donors (Lipinski definition) is 1. The van der Waals surface area contributed by atoms with Crippen LogP contribution in [0.5, 0.6) is 0 Å². The normalized spacial score (nSPS) is 10.6. The van der Waals surface area contributed by atoms with Crippen LogP contribution in [0.15, 0.2) is 0 Å². The maximum Gasteiger partial charge on any atom is 0.522 e. The van der Waals surface area contributed by atoms with Gasteiger partial charge in [0, 0.05) is 6.54 Å². The molecule has 6 heteroatoms. The molecule has 0 fully saturated rings. The minimum atomic E-state index is -4.60. The predicted molar refractivity (Wildman–Crippen MR) is 25.6 cm³/mol. The summed E-state index contributed by atoms with van der Waals surface area (Å²) in [6.45, 7) is -0.674. The summed E-state index contributed by atoms with van der Waals surface area (Å²) in [6, 6.07) is 0. The summed E-state index contributed by atoms with van der Waals surface area (Å²) < 4.78 is 36.8. The molecule has 0 rings (SSSR count). The minimum Gasteiger partial charge on any atom is -0.322 e.